The zero-order chi connectivity index (χ0) is 18.4. The number of carbonyl (C=O) groups is 1. The number of carboxylic acids is 1. The largest absolute Gasteiger partial charge is 0.478 e. The molecule has 0 aromatic heterocycles. The van der Waals surface area contributed by atoms with E-state index in [-0.39, 0.29) is 21.4 Å². The van der Waals surface area contributed by atoms with E-state index in [2.05, 4.69) is 25.7 Å². The van der Waals surface area contributed by atoms with E-state index in [1.54, 1.807) is 12.1 Å². The molecule has 1 N–H and O–H groups in total. The van der Waals surface area contributed by atoms with Crippen LogP contribution in [0.5, 0.6) is 0 Å². The van der Waals surface area contributed by atoms with Gasteiger partial charge in [0.05, 0.1) is 4.92 Å². The molecule has 2 bridgehead atoms. The lowest BCUT2D eigenvalue weighted by Gasteiger charge is -2.39. The van der Waals surface area contributed by atoms with Crippen LogP contribution in [0.3, 0.4) is 0 Å². The molecule has 2 aliphatic rings. The Balaban J connectivity index is 1.97. The highest BCUT2D eigenvalue weighted by Gasteiger charge is 2.50. The van der Waals surface area contributed by atoms with Gasteiger partial charge in [-0.1, -0.05) is 26.8 Å². The Hall–Kier alpha value is -2.37. The van der Waals surface area contributed by atoms with E-state index in [0.717, 1.165) is 31.9 Å². The van der Waals surface area contributed by atoms with Crippen LogP contribution >= 0.6 is 0 Å². The first-order valence-electron chi connectivity index (χ1n) is 8.55. The topological polar surface area (TPSA) is 83.7 Å². The van der Waals surface area contributed by atoms with E-state index >= 15 is 0 Å². The molecule has 1 saturated heterocycles. The van der Waals surface area contributed by atoms with E-state index in [0.29, 0.717) is 17.3 Å². The van der Waals surface area contributed by atoms with Gasteiger partial charge in [0, 0.05) is 24.7 Å². The minimum Gasteiger partial charge on any atom is -0.478 e. The molecule has 1 saturated carbocycles. The molecule has 1 aromatic rings. The molecule has 3 rings (SSSR count). The molecule has 1 aromatic carbocycles. The summed E-state index contributed by atoms with van der Waals surface area (Å²) >= 11 is 0. The van der Waals surface area contributed by atoms with E-state index in [9.17, 15) is 14.9 Å². The maximum absolute atomic E-state index is 11.6. The Morgan fingerprint density at radius 1 is 1.36 bits per heavy atom. The van der Waals surface area contributed by atoms with E-state index in [4.69, 9.17) is 5.11 Å². The van der Waals surface area contributed by atoms with Crippen LogP contribution in [-0.2, 0) is 4.79 Å². The Bertz CT molecular complexity index is 756. The first-order chi connectivity index (χ1) is 11.6. The summed E-state index contributed by atoms with van der Waals surface area (Å²) in [5.41, 5.74) is 1.63. The Kier molecular flexibility index (Phi) is 4.09. The number of carboxylic acid groups (broad SMARTS) is 1. The van der Waals surface area contributed by atoms with Crippen LogP contribution in [0.25, 0.3) is 6.08 Å². The first-order valence-corrected chi connectivity index (χ1v) is 8.55. The second-order valence-electron chi connectivity index (χ2n) is 8.52. The molecule has 1 aliphatic heterocycles. The fraction of sp³-hybridized carbons (Fsp3) is 0.526. The lowest BCUT2D eigenvalue weighted by molar-refractivity contribution is -0.384. The summed E-state index contributed by atoms with van der Waals surface area (Å²) in [6, 6.07) is 5.28. The molecule has 2 fully saturated rings. The molecule has 6 nitrogen and oxygen atoms in total. The average Bonchev–Trinajstić information content (AvgIpc) is 2.73. The third-order valence-corrected chi connectivity index (χ3v) is 5.34. The van der Waals surface area contributed by atoms with Gasteiger partial charge in [0.2, 0.25) is 0 Å². The van der Waals surface area contributed by atoms with Gasteiger partial charge in [-0.05, 0) is 47.8 Å². The lowest BCUT2D eigenvalue weighted by Crippen LogP contribution is -2.34. The number of nitrogens with zero attached hydrogens (tertiary/aromatic N) is 2. The molecule has 1 aliphatic carbocycles. The number of aliphatic carboxylic acids is 1. The number of hydrogen-bond donors (Lipinski definition) is 1. The van der Waals surface area contributed by atoms with Gasteiger partial charge in [0.15, 0.2) is 0 Å². The third kappa shape index (κ3) is 3.52. The van der Waals surface area contributed by atoms with Crippen LogP contribution < -0.4 is 4.90 Å². The monoisotopic (exact) mass is 344 g/mol. The van der Waals surface area contributed by atoms with Gasteiger partial charge in [0.1, 0.15) is 5.69 Å². The summed E-state index contributed by atoms with van der Waals surface area (Å²) in [5, 5.41) is 20.3. The Morgan fingerprint density at radius 2 is 2.08 bits per heavy atom. The van der Waals surface area contributed by atoms with Crippen molar-refractivity contribution in [2.45, 2.75) is 46.1 Å². The second kappa shape index (κ2) is 5.86. The maximum atomic E-state index is 11.6. The smallest absolute Gasteiger partial charge is 0.328 e. The van der Waals surface area contributed by atoms with Crippen molar-refractivity contribution in [3.05, 3.63) is 40.0 Å². The van der Waals surface area contributed by atoms with Gasteiger partial charge in [-0.25, -0.2) is 4.79 Å². The van der Waals surface area contributed by atoms with Crippen molar-refractivity contribution in [1.82, 2.24) is 0 Å². The fourth-order valence-corrected chi connectivity index (χ4v) is 4.94. The molecule has 6 heteroatoms. The van der Waals surface area contributed by atoms with Gasteiger partial charge in [-0.3, -0.25) is 10.1 Å². The molecular weight excluding hydrogens is 320 g/mol. The molecule has 25 heavy (non-hydrogen) atoms. The van der Waals surface area contributed by atoms with Gasteiger partial charge in [0.25, 0.3) is 5.69 Å². The van der Waals surface area contributed by atoms with Crippen molar-refractivity contribution in [2.75, 3.05) is 11.4 Å². The third-order valence-electron chi connectivity index (χ3n) is 5.34. The predicted molar refractivity (Wildman–Crippen MR) is 96.6 cm³/mol. The zero-order valence-electron chi connectivity index (χ0n) is 14.9. The maximum Gasteiger partial charge on any atom is 0.328 e. The minimum atomic E-state index is -1.07. The number of benzene rings is 1. The van der Waals surface area contributed by atoms with Crippen LogP contribution in [0, 0.1) is 20.9 Å². The summed E-state index contributed by atoms with van der Waals surface area (Å²) in [7, 11) is 0. The number of nitro benzene ring substituents is 1. The minimum absolute atomic E-state index is 0.0431. The van der Waals surface area contributed by atoms with Crippen molar-refractivity contribution < 1.29 is 14.8 Å². The van der Waals surface area contributed by atoms with Crippen LogP contribution in [0.1, 0.15) is 45.6 Å². The summed E-state index contributed by atoms with van der Waals surface area (Å²) in [4.78, 5) is 24.1. The van der Waals surface area contributed by atoms with E-state index < -0.39 is 5.97 Å². The van der Waals surface area contributed by atoms with E-state index in [1.807, 2.05) is 0 Å². The van der Waals surface area contributed by atoms with Crippen LogP contribution in [0.4, 0.5) is 11.4 Å². The molecule has 1 heterocycles. The Morgan fingerprint density at radius 3 is 2.72 bits per heavy atom. The molecule has 0 spiro atoms. The summed E-state index contributed by atoms with van der Waals surface area (Å²) in [6.45, 7) is 7.65. The highest BCUT2D eigenvalue weighted by atomic mass is 16.6. The molecular formula is C19H24N2O4. The fourth-order valence-electron chi connectivity index (χ4n) is 4.94. The van der Waals surface area contributed by atoms with Crippen LogP contribution in [0.15, 0.2) is 24.3 Å². The number of nitro groups is 1. The number of hydrogen-bond acceptors (Lipinski definition) is 4. The summed E-state index contributed by atoms with van der Waals surface area (Å²) < 4.78 is 0. The first kappa shape index (κ1) is 17.5. The normalized spacial score (nSPS) is 27.6. The van der Waals surface area contributed by atoms with E-state index in [1.165, 1.54) is 12.1 Å². The molecule has 2 unspecified atom stereocenters. The van der Waals surface area contributed by atoms with Crippen molar-refractivity contribution in [3.63, 3.8) is 0 Å². The van der Waals surface area contributed by atoms with Crippen molar-refractivity contribution in [1.29, 1.82) is 0 Å². The second-order valence-corrected chi connectivity index (χ2v) is 8.52. The SMILES string of the molecule is CC1(C)CC2CC(C)(CN2c2ccc(/C=C/C(=O)O)cc2[N+](=O)[O-])C1. The predicted octanol–water partition coefficient (Wildman–Crippen LogP) is 4.10. The van der Waals surface area contributed by atoms with Crippen LogP contribution in [0.2, 0.25) is 0 Å². The summed E-state index contributed by atoms with van der Waals surface area (Å²) in [5.74, 6) is -1.07. The highest BCUT2D eigenvalue weighted by Crippen LogP contribution is 2.54. The lowest BCUT2D eigenvalue weighted by atomic mass is 9.65. The zero-order valence-corrected chi connectivity index (χ0v) is 14.9. The quantitative estimate of drug-likeness (QED) is 0.505. The van der Waals surface area contributed by atoms with Gasteiger partial charge in [-0.15, -0.1) is 0 Å². The molecule has 0 amide bonds. The Labute approximate surface area is 147 Å². The number of anilines is 1. The highest BCUT2D eigenvalue weighted by molar-refractivity contribution is 5.85. The van der Waals surface area contributed by atoms with Gasteiger partial charge >= 0.3 is 5.97 Å². The molecule has 134 valence electrons. The molecule has 2 atom stereocenters. The van der Waals surface area contributed by atoms with Crippen molar-refractivity contribution in [3.8, 4) is 0 Å². The number of fused-ring (bicyclic) bond motifs is 2. The van der Waals surface area contributed by atoms with Crippen molar-refractivity contribution >= 4 is 23.4 Å². The summed E-state index contributed by atoms with van der Waals surface area (Å²) in [6.07, 6.45) is 5.59. The van der Waals surface area contributed by atoms with Gasteiger partial charge in [-0.2, -0.15) is 0 Å². The van der Waals surface area contributed by atoms with Crippen molar-refractivity contribution in [2.24, 2.45) is 10.8 Å². The number of rotatable bonds is 4. The standard InChI is InChI=1S/C19H24N2O4/c1-18(2)9-14-10-19(3,11-18)12-20(14)15-6-4-13(5-7-17(22)23)8-16(15)21(24)25/h4-8,14H,9-12H2,1-3H3,(H,22,23)/b7-5+. The van der Waals surface area contributed by atoms with Crippen LogP contribution in [-0.4, -0.2) is 28.6 Å². The van der Waals surface area contributed by atoms with Gasteiger partial charge < -0.3 is 10.0 Å². The average molecular weight is 344 g/mol. The molecule has 0 radical (unpaired) electrons.